The van der Waals surface area contributed by atoms with Gasteiger partial charge in [-0.2, -0.15) is 10.4 Å². The fourth-order valence-corrected chi connectivity index (χ4v) is 3.07. The second-order valence-electron chi connectivity index (χ2n) is 5.38. The van der Waals surface area contributed by atoms with Gasteiger partial charge in [0.25, 0.3) is 0 Å². The van der Waals surface area contributed by atoms with Gasteiger partial charge in [-0.15, -0.1) is 0 Å². The Morgan fingerprint density at radius 3 is 2.90 bits per heavy atom. The number of carbonyl (C=O) groups is 1. The first-order valence-corrected chi connectivity index (χ1v) is 6.87. The summed E-state index contributed by atoms with van der Waals surface area (Å²) in [6.07, 6.45) is 3.75. The number of nitrogens with two attached hydrogens (primary N) is 1. The number of hydrogen-bond acceptors (Lipinski definition) is 5. The van der Waals surface area contributed by atoms with E-state index in [4.69, 9.17) is 10.5 Å². The van der Waals surface area contributed by atoms with Gasteiger partial charge in [0, 0.05) is 37.2 Å². The molecule has 0 bridgehead atoms. The van der Waals surface area contributed by atoms with Crippen LogP contribution in [0.15, 0.2) is 29.0 Å². The second-order valence-corrected chi connectivity index (χ2v) is 5.38. The third-order valence-electron chi connectivity index (χ3n) is 3.97. The Bertz CT molecular complexity index is 733. The van der Waals surface area contributed by atoms with E-state index in [1.165, 1.54) is 0 Å². The van der Waals surface area contributed by atoms with Crippen LogP contribution in [0, 0.1) is 18.3 Å². The number of aromatic nitrogens is 2. The first-order chi connectivity index (χ1) is 10.0. The molecule has 0 saturated heterocycles. The molecule has 2 N–H and O–H groups in total. The van der Waals surface area contributed by atoms with Crippen molar-refractivity contribution < 1.29 is 9.53 Å². The maximum absolute atomic E-state index is 12.4. The summed E-state index contributed by atoms with van der Waals surface area (Å²) >= 11 is 0. The van der Waals surface area contributed by atoms with E-state index >= 15 is 0 Å². The largest absolute Gasteiger partial charge is 0.444 e. The highest BCUT2D eigenvalue weighted by Crippen LogP contribution is 2.43. The van der Waals surface area contributed by atoms with Gasteiger partial charge in [-0.25, -0.2) is 0 Å². The zero-order valence-electron chi connectivity index (χ0n) is 12.0. The predicted molar refractivity (Wildman–Crippen MR) is 74.5 cm³/mol. The molecule has 1 aliphatic heterocycles. The van der Waals surface area contributed by atoms with Crippen LogP contribution in [-0.2, 0) is 16.6 Å². The maximum atomic E-state index is 12.4. The number of ketones is 1. The summed E-state index contributed by atoms with van der Waals surface area (Å²) in [6.45, 7) is 1.86. The van der Waals surface area contributed by atoms with E-state index in [9.17, 15) is 10.1 Å². The summed E-state index contributed by atoms with van der Waals surface area (Å²) < 4.78 is 7.21. The number of Topliss-reactive ketones (excluding diaryl/α,β-unsaturated/α-hetero) is 1. The highest BCUT2D eigenvalue weighted by atomic mass is 16.5. The molecule has 1 unspecified atom stereocenters. The van der Waals surface area contributed by atoms with Crippen LogP contribution in [0.3, 0.4) is 0 Å². The first-order valence-electron chi connectivity index (χ1n) is 6.87. The van der Waals surface area contributed by atoms with E-state index in [-0.39, 0.29) is 11.7 Å². The van der Waals surface area contributed by atoms with Crippen LogP contribution >= 0.6 is 0 Å². The van der Waals surface area contributed by atoms with Gasteiger partial charge in [-0.05, 0) is 13.3 Å². The van der Waals surface area contributed by atoms with Crippen molar-refractivity contribution in [3.8, 4) is 6.07 Å². The summed E-state index contributed by atoms with van der Waals surface area (Å²) in [7, 11) is 1.81. The van der Waals surface area contributed by atoms with Crippen molar-refractivity contribution in [3.05, 3.63) is 40.2 Å². The van der Waals surface area contributed by atoms with Gasteiger partial charge in [-0.3, -0.25) is 9.48 Å². The molecule has 6 nitrogen and oxygen atoms in total. The highest BCUT2D eigenvalue weighted by Gasteiger charge is 2.39. The standard InChI is InChI=1S/C15H16N4O2/c1-8-10(7-19(2)18-8)13-9(6-16)15(17)21-12-5-3-4-11(20)14(12)13/h7,13H,3-5,17H2,1-2H3. The third-order valence-corrected chi connectivity index (χ3v) is 3.97. The van der Waals surface area contributed by atoms with Gasteiger partial charge in [0.1, 0.15) is 17.4 Å². The number of hydrogen-bond donors (Lipinski definition) is 1. The molecule has 0 radical (unpaired) electrons. The number of allylic oxidation sites excluding steroid dienone is 3. The molecule has 0 aromatic carbocycles. The van der Waals surface area contributed by atoms with Crippen LogP contribution in [0.5, 0.6) is 0 Å². The topological polar surface area (TPSA) is 93.9 Å². The molecule has 2 heterocycles. The Balaban J connectivity index is 2.22. The van der Waals surface area contributed by atoms with Crippen molar-refractivity contribution in [3.63, 3.8) is 0 Å². The number of rotatable bonds is 1. The lowest BCUT2D eigenvalue weighted by Crippen LogP contribution is -2.27. The van der Waals surface area contributed by atoms with Gasteiger partial charge < -0.3 is 10.5 Å². The van der Waals surface area contributed by atoms with Gasteiger partial charge in [0.2, 0.25) is 5.88 Å². The summed E-state index contributed by atoms with van der Waals surface area (Å²) in [4.78, 5) is 12.4. The summed E-state index contributed by atoms with van der Waals surface area (Å²) in [5, 5.41) is 13.8. The van der Waals surface area contributed by atoms with Crippen LogP contribution < -0.4 is 5.73 Å². The van der Waals surface area contributed by atoms with Crippen LogP contribution in [0.25, 0.3) is 0 Å². The number of aryl methyl sites for hydroxylation is 2. The number of nitriles is 1. The van der Waals surface area contributed by atoms with Crippen LogP contribution in [0.1, 0.15) is 36.4 Å². The molecule has 1 aromatic rings. The molecule has 0 fully saturated rings. The second kappa shape index (κ2) is 4.77. The van der Waals surface area contributed by atoms with Gasteiger partial charge in [0.15, 0.2) is 5.78 Å². The Labute approximate surface area is 122 Å². The minimum absolute atomic E-state index is 0.0322. The van der Waals surface area contributed by atoms with Crippen LogP contribution in [0.4, 0.5) is 0 Å². The van der Waals surface area contributed by atoms with Gasteiger partial charge >= 0.3 is 0 Å². The molecule has 1 atom stereocenters. The minimum atomic E-state index is -0.458. The number of carbonyl (C=O) groups excluding carboxylic acids is 1. The molecular weight excluding hydrogens is 268 g/mol. The zero-order chi connectivity index (χ0) is 15.1. The molecule has 0 saturated carbocycles. The SMILES string of the molecule is Cc1nn(C)cc1C1C(C#N)=C(N)OC2=C1C(=O)CCC2. The van der Waals surface area contributed by atoms with Crippen molar-refractivity contribution in [1.82, 2.24) is 9.78 Å². The Kier molecular flexibility index (Phi) is 3.05. The highest BCUT2D eigenvalue weighted by molar-refractivity contribution is 5.99. The van der Waals surface area contributed by atoms with Crippen LogP contribution in [0.2, 0.25) is 0 Å². The first kappa shape index (κ1) is 13.4. The molecule has 6 heteroatoms. The molecule has 108 valence electrons. The van der Waals surface area contributed by atoms with E-state index in [1.807, 2.05) is 20.2 Å². The number of ether oxygens (including phenoxy) is 1. The molecule has 3 rings (SSSR count). The predicted octanol–water partition coefficient (Wildman–Crippen LogP) is 1.54. The number of nitrogens with zero attached hydrogens (tertiary/aromatic N) is 3. The van der Waals surface area contributed by atoms with Gasteiger partial charge in [-0.1, -0.05) is 0 Å². The normalized spacial score (nSPS) is 22.0. The average molecular weight is 284 g/mol. The van der Waals surface area contributed by atoms with Crippen molar-refractivity contribution in [1.29, 1.82) is 5.26 Å². The summed E-state index contributed by atoms with van der Waals surface area (Å²) in [5.41, 5.74) is 8.38. The summed E-state index contributed by atoms with van der Waals surface area (Å²) in [5.74, 6) is 0.278. The van der Waals surface area contributed by atoms with E-state index in [1.54, 1.807) is 4.68 Å². The third kappa shape index (κ3) is 2.02. The Hall–Kier alpha value is -2.55. The lowest BCUT2D eigenvalue weighted by molar-refractivity contribution is -0.116. The quantitative estimate of drug-likeness (QED) is 0.844. The molecular formula is C15H16N4O2. The molecule has 21 heavy (non-hydrogen) atoms. The zero-order valence-corrected chi connectivity index (χ0v) is 12.0. The van der Waals surface area contributed by atoms with Crippen molar-refractivity contribution in [2.75, 3.05) is 0 Å². The van der Waals surface area contributed by atoms with E-state index < -0.39 is 5.92 Å². The average Bonchev–Trinajstić information content (AvgIpc) is 2.76. The van der Waals surface area contributed by atoms with E-state index in [0.29, 0.717) is 29.7 Å². The molecule has 1 aromatic heterocycles. The smallest absolute Gasteiger partial charge is 0.205 e. The van der Waals surface area contributed by atoms with E-state index in [2.05, 4.69) is 11.2 Å². The van der Waals surface area contributed by atoms with E-state index in [0.717, 1.165) is 17.7 Å². The maximum Gasteiger partial charge on any atom is 0.205 e. The Morgan fingerprint density at radius 2 is 2.29 bits per heavy atom. The minimum Gasteiger partial charge on any atom is -0.444 e. The molecule has 0 amide bonds. The summed E-state index contributed by atoms with van der Waals surface area (Å²) in [6, 6.07) is 2.10. The van der Waals surface area contributed by atoms with Crippen LogP contribution in [-0.4, -0.2) is 15.6 Å². The Morgan fingerprint density at radius 1 is 1.52 bits per heavy atom. The molecule has 1 aliphatic carbocycles. The fourth-order valence-electron chi connectivity index (χ4n) is 3.07. The van der Waals surface area contributed by atoms with Gasteiger partial charge in [0.05, 0.1) is 11.6 Å². The monoisotopic (exact) mass is 284 g/mol. The molecule has 2 aliphatic rings. The van der Waals surface area contributed by atoms with Crippen molar-refractivity contribution >= 4 is 5.78 Å². The van der Waals surface area contributed by atoms with Crippen molar-refractivity contribution in [2.24, 2.45) is 12.8 Å². The lowest BCUT2D eigenvalue weighted by atomic mass is 9.78. The fraction of sp³-hybridized carbons (Fsp3) is 0.400. The molecule has 0 spiro atoms. The van der Waals surface area contributed by atoms with Crippen molar-refractivity contribution in [2.45, 2.75) is 32.1 Å². The lowest BCUT2D eigenvalue weighted by Gasteiger charge is -2.30.